The smallest absolute Gasteiger partial charge is 0.0581 e. The lowest BCUT2D eigenvalue weighted by Gasteiger charge is -1.95. The lowest BCUT2D eigenvalue weighted by Crippen LogP contribution is -1.76. The zero-order chi connectivity index (χ0) is 8.72. The van der Waals surface area contributed by atoms with Crippen LogP contribution in [0.3, 0.4) is 0 Å². The molecule has 0 spiro atoms. The number of rotatable bonds is 0. The van der Waals surface area contributed by atoms with Gasteiger partial charge in [-0.1, -0.05) is 6.07 Å². The molecule has 0 atom stereocenters. The van der Waals surface area contributed by atoms with Gasteiger partial charge in [-0.3, -0.25) is 0 Å². The number of halogens is 2. The highest BCUT2D eigenvalue weighted by atomic mass is 127. The highest BCUT2D eigenvalue weighted by Crippen LogP contribution is 2.33. The maximum absolute atomic E-state index is 4.34. The summed E-state index contributed by atoms with van der Waals surface area (Å²) in [5, 5.41) is 1.30. The van der Waals surface area contributed by atoms with Crippen molar-refractivity contribution in [3.05, 3.63) is 25.3 Å². The minimum Gasteiger partial charge on any atom is -0.133 e. The van der Waals surface area contributed by atoms with Gasteiger partial charge in [0.1, 0.15) is 0 Å². The summed E-state index contributed by atoms with van der Waals surface area (Å²) >= 11 is 10.8. The number of fused-ring (bicyclic) bond motifs is 1. The summed E-state index contributed by atoms with van der Waals surface area (Å²) in [4.78, 5) is 0. The summed E-state index contributed by atoms with van der Waals surface area (Å²) in [6.45, 7) is 0. The van der Waals surface area contributed by atoms with Crippen molar-refractivity contribution in [3.63, 3.8) is 0 Å². The van der Waals surface area contributed by atoms with Crippen LogP contribution in [-0.2, 0) is 0 Å². The molecule has 1 aromatic carbocycles. The Morgan fingerprint density at radius 3 is 2.75 bits per heavy atom. The third-order valence-electron chi connectivity index (χ3n) is 1.57. The topological polar surface area (TPSA) is 0 Å². The largest absolute Gasteiger partial charge is 0.133 e. The molecule has 0 aliphatic rings. The number of benzene rings is 1. The first-order valence-electron chi connectivity index (χ1n) is 3.25. The molecule has 2 rings (SSSR count). The summed E-state index contributed by atoms with van der Waals surface area (Å²) in [5.41, 5.74) is 0. The Morgan fingerprint density at radius 2 is 2.00 bits per heavy atom. The first-order valence-corrected chi connectivity index (χ1v) is 6.67. The standard InChI is InChI=1S/C8H4I2S2/c9-5-2-1-4-3-6(11)12-8(4)7(5)10/h1-3,11H. The van der Waals surface area contributed by atoms with E-state index < -0.39 is 0 Å². The van der Waals surface area contributed by atoms with Crippen LogP contribution in [0, 0.1) is 7.14 Å². The number of hydrogen-bond donors (Lipinski definition) is 1. The second kappa shape index (κ2) is 3.62. The third-order valence-corrected chi connectivity index (χ3v) is 6.36. The summed E-state index contributed by atoms with van der Waals surface area (Å²) < 4.78 is 5.10. The second-order valence-electron chi connectivity index (χ2n) is 2.36. The van der Waals surface area contributed by atoms with E-state index in [0.29, 0.717) is 0 Å². The van der Waals surface area contributed by atoms with Crippen LogP contribution < -0.4 is 0 Å². The van der Waals surface area contributed by atoms with Crippen LogP contribution in [0.1, 0.15) is 0 Å². The van der Waals surface area contributed by atoms with Gasteiger partial charge in [0.05, 0.1) is 4.21 Å². The quantitative estimate of drug-likeness (QED) is 0.476. The molecule has 4 heteroatoms. The maximum atomic E-state index is 4.34. The molecule has 0 unspecified atom stereocenters. The van der Waals surface area contributed by atoms with E-state index in [4.69, 9.17) is 0 Å². The van der Waals surface area contributed by atoms with E-state index in [9.17, 15) is 0 Å². The van der Waals surface area contributed by atoms with Crippen LogP contribution in [-0.4, -0.2) is 0 Å². The van der Waals surface area contributed by atoms with Crippen LogP contribution in [0.15, 0.2) is 22.4 Å². The molecule has 12 heavy (non-hydrogen) atoms. The van der Waals surface area contributed by atoms with Gasteiger partial charge in [0.15, 0.2) is 0 Å². The van der Waals surface area contributed by atoms with E-state index in [2.05, 4.69) is 76.0 Å². The molecule has 0 aliphatic heterocycles. The molecule has 0 saturated carbocycles. The summed E-state index contributed by atoms with van der Waals surface area (Å²) in [5.74, 6) is 0. The van der Waals surface area contributed by atoms with Gasteiger partial charge in [-0.2, -0.15) is 0 Å². The predicted molar refractivity (Wildman–Crippen MR) is 74.5 cm³/mol. The summed E-state index contributed by atoms with van der Waals surface area (Å²) in [6, 6.07) is 6.40. The van der Waals surface area contributed by atoms with Gasteiger partial charge in [-0.05, 0) is 62.7 Å². The highest BCUT2D eigenvalue weighted by molar-refractivity contribution is 14.1. The molecule has 1 heterocycles. The van der Waals surface area contributed by atoms with Crippen molar-refractivity contribution in [1.82, 2.24) is 0 Å². The van der Waals surface area contributed by atoms with Crippen molar-refractivity contribution in [2.24, 2.45) is 0 Å². The van der Waals surface area contributed by atoms with Gasteiger partial charge in [-0.25, -0.2) is 0 Å². The third kappa shape index (κ3) is 1.62. The molecule has 0 aliphatic carbocycles. The van der Waals surface area contributed by atoms with Crippen LogP contribution in [0.25, 0.3) is 10.1 Å². The molecule has 1 aromatic heterocycles. The van der Waals surface area contributed by atoms with Crippen molar-refractivity contribution in [3.8, 4) is 0 Å². The van der Waals surface area contributed by atoms with E-state index in [0.717, 1.165) is 4.21 Å². The van der Waals surface area contributed by atoms with Crippen LogP contribution in [0.2, 0.25) is 0 Å². The average molecular weight is 418 g/mol. The predicted octanol–water partition coefficient (Wildman–Crippen LogP) is 4.40. The van der Waals surface area contributed by atoms with Crippen molar-refractivity contribution in [2.45, 2.75) is 4.21 Å². The highest BCUT2D eigenvalue weighted by Gasteiger charge is 2.05. The van der Waals surface area contributed by atoms with Gasteiger partial charge >= 0.3 is 0 Å². The molecule has 0 radical (unpaired) electrons. The second-order valence-corrected chi connectivity index (χ2v) is 6.44. The summed E-state index contributed by atoms with van der Waals surface area (Å²) in [7, 11) is 0. The maximum Gasteiger partial charge on any atom is 0.0581 e. The van der Waals surface area contributed by atoms with Crippen LogP contribution in [0.5, 0.6) is 0 Å². The fraction of sp³-hybridized carbons (Fsp3) is 0. The molecule has 0 amide bonds. The minimum absolute atomic E-state index is 1.09. The molecule has 0 fully saturated rings. The molecule has 0 nitrogen and oxygen atoms in total. The number of thiophene rings is 1. The van der Waals surface area contributed by atoms with E-state index in [1.807, 2.05) is 0 Å². The summed E-state index contributed by atoms with van der Waals surface area (Å²) in [6.07, 6.45) is 0. The Labute approximate surface area is 107 Å². The minimum atomic E-state index is 1.09. The first kappa shape index (κ1) is 9.54. The average Bonchev–Trinajstić information content (AvgIpc) is 2.39. The van der Waals surface area contributed by atoms with Gasteiger partial charge in [0.2, 0.25) is 0 Å². The van der Waals surface area contributed by atoms with Crippen molar-refractivity contribution in [1.29, 1.82) is 0 Å². The number of hydrogen-bond acceptors (Lipinski definition) is 2. The molecular weight excluding hydrogens is 414 g/mol. The molecule has 62 valence electrons. The van der Waals surface area contributed by atoms with Crippen LogP contribution in [0.4, 0.5) is 0 Å². The van der Waals surface area contributed by atoms with Gasteiger partial charge in [-0.15, -0.1) is 24.0 Å². The fourth-order valence-corrected chi connectivity index (χ4v) is 3.74. The van der Waals surface area contributed by atoms with Gasteiger partial charge in [0, 0.05) is 11.8 Å². The van der Waals surface area contributed by atoms with Gasteiger partial charge < -0.3 is 0 Å². The SMILES string of the molecule is Sc1cc2ccc(I)c(I)c2s1. The van der Waals surface area contributed by atoms with Gasteiger partial charge in [0.25, 0.3) is 0 Å². The Kier molecular flexibility index (Phi) is 2.88. The molecule has 2 aromatic rings. The lowest BCUT2D eigenvalue weighted by atomic mass is 10.3. The lowest BCUT2D eigenvalue weighted by molar-refractivity contribution is 1.69. The molecule has 0 N–H and O–H groups in total. The van der Waals surface area contributed by atoms with Crippen molar-refractivity contribution in [2.75, 3.05) is 0 Å². The Morgan fingerprint density at radius 1 is 1.25 bits per heavy atom. The Balaban J connectivity index is 2.89. The Bertz CT molecular complexity index is 434. The van der Waals surface area contributed by atoms with E-state index in [1.165, 1.54) is 17.2 Å². The Hall–Kier alpha value is 0.990. The zero-order valence-corrected chi connectivity index (χ0v) is 11.9. The monoisotopic (exact) mass is 418 g/mol. The van der Waals surface area contributed by atoms with Crippen LogP contribution >= 0.6 is 69.1 Å². The fourth-order valence-electron chi connectivity index (χ4n) is 1.03. The van der Waals surface area contributed by atoms with E-state index in [-0.39, 0.29) is 0 Å². The van der Waals surface area contributed by atoms with E-state index in [1.54, 1.807) is 11.3 Å². The molecule has 0 bridgehead atoms. The van der Waals surface area contributed by atoms with Crippen molar-refractivity contribution >= 4 is 79.2 Å². The molecular formula is C8H4I2S2. The molecule has 0 saturated heterocycles. The first-order chi connectivity index (χ1) is 5.68. The normalized spacial score (nSPS) is 10.9. The zero-order valence-electron chi connectivity index (χ0n) is 5.84. The van der Waals surface area contributed by atoms with E-state index >= 15 is 0 Å². The van der Waals surface area contributed by atoms with Crippen molar-refractivity contribution < 1.29 is 0 Å². The number of thiol groups is 1.